The van der Waals surface area contributed by atoms with Crippen LogP contribution in [0.15, 0.2) is 23.0 Å². The predicted octanol–water partition coefficient (Wildman–Crippen LogP) is 1.39. The number of carbonyl (C=O) groups excluding carboxylic acids is 2. The molecule has 8 heteroatoms. The van der Waals surface area contributed by atoms with E-state index in [1.807, 2.05) is 0 Å². The van der Waals surface area contributed by atoms with Crippen LogP contribution in [0.2, 0.25) is 0 Å². The Morgan fingerprint density at radius 2 is 1.96 bits per heavy atom. The first-order valence-electron chi connectivity index (χ1n) is 8.17. The summed E-state index contributed by atoms with van der Waals surface area (Å²) in [5.41, 5.74) is 0.249. The molecule has 0 aromatic carbocycles. The zero-order chi connectivity index (χ0) is 17.2. The number of esters is 1. The van der Waals surface area contributed by atoms with E-state index >= 15 is 0 Å². The van der Waals surface area contributed by atoms with Gasteiger partial charge in [0.15, 0.2) is 16.4 Å². The maximum Gasteiger partial charge on any atom is 0.341 e. The van der Waals surface area contributed by atoms with E-state index in [1.54, 1.807) is 4.90 Å². The number of carbonyl (C=O) groups is 2. The largest absolute Gasteiger partial charge is 0.472 e. The van der Waals surface area contributed by atoms with E-state index < -0.39 is 15.8 Å². The molecule has 1 saturated heterocycles. The van der Waals surface area contributed by atoms with Crippen molar-refractivity contribution >= 4 is 21.7 Å². The van der Waals surface area contributed by atoms with Gasteiger partial charge in [0.05, 0.1) is 23.3 Å². The molecule has 2 fully saturated rings. The average molecular weight is 355 g/mol. The van der Waals surface area contributed by atoms with Gasteiger partial charge in [-0.25, -0.2) is 13.2 Å². The molecule has 24 heavy (non-hydrogen) atoms. The normalized spacial score (nSPS) is 23.2. The lowest BCUT2D eigenvalue weighted by atomic mass is 10.1. The molecule has 132 valence electrons. The molecule has 2 aliphatic rings. The molecule has 1 aromatic rings. The van der Waals surface area contributed by atoms with Crippen molar-refractivity contribution in [2.75, 3.05) is 18.1 Å². The molecule has 2 heterocycles. The lowest BCUT2D eigenvalue weighted by molar-refractivity contribution is -0.139. The van der Waals surface area contributed by atoms with Gasteiger partial charge in [0.2, 0.25) is 0 Å². The average Bonchev–Trinajstić information content (AvgIpc) is 3.26. The van der Waals surface area contributed by atoms with E-state index in [9.17, 15) is 18.0 Å². The first-order chi connectivity index (χ1) is 11.5. The smallest absolute Gasteiger partial charge is 0.341 e. The second kappa shape index (κ2) is 6.96. The first-order valence-corrected chi connectivity index (χ1v) is 9.99. The number of sulfone groups is 1. The molecular formula is C16H21NO6S. The second-order valence-electron chi connectivity index (χ2n) is 6.38. The molecule has 1 aliphatic carbocycles. The molecule has 1 atom stereocenters. The van der Waals surface area contributed by atoms with Crippen LogP contribution in [0.5, 0.6) is 0 Å². The maximum absolute atomic E-state index is 12.6. The van der Waals surface area contributed by atoms with Gasteiger partial charge < -0.3 is 14.1 Å². The standard InChI is InChI=1S/C16H21NO6S/c18-15(10-23-16(19)12-5-7-22-9-12)17(13-3-1-2-4-13)14-6-8-24(20,21)11-14/h5,7,9,13-14H,1-4,6,8,10-11H2. The highest BCUT2D eigenvalue weighted by Gasteiger charge is 2.39. The van der Waals surface area contributed by atoms with Gasteiger partial charge in [-0.15, -0.1) is 0 Å². The van der Waals surface area contributed by atoms with E-state index in [0.717, 1.165) is 25.7 Å². The second-order valence-corrected chi connectivity index (χ2v) is 8.61. The molecular weight excluding hydrogens is 334 g/mol. The van der Waals surface area contributed by atoms with Crippen molar-refractivity contribution in [1.82, 2.24) is 4.90 Å². The Morgan fingerprint density at radius 1 is 1.21 bits per heavy atom. The summed E-state index contributed by atoms with van der Waals surface area (Å²) in [6.07, 6.45) is 6.87. The van der Waals surface area contributed by atoms with Crippen LogP contribution in [0.25, 0.3) is 0 Å². The summed E-state index contributed by atoms with van der Waals surface area (Å²) in [7, 11) is -3.08. The number of nitrogens with zero attached hydrogens (tertiary/aromatic N) is 1. The number of hydrogen-bond donors (Lipinski definition) is 0. The third-order valence-corrected chi connectivity index (χ3v) is 6.44. The van der Waals surface area contributed by atoms with Crippen molar-refractivity contribution < 1.29 is 27.2 Å². The Bertz CT molecular complexity index is 690. The van der Waals surface area contributed by atoms with Crippen molar-refractivity contribution in [3.63, 3.8) is 0 Å². The first kappa shape index (κ1) is 17.0. The fraction of sp³-hybridized carbons (Fsp3) is 0.625. The van der Waals surface area contributed by atoms with Gasteiger partial charge in [0.25, 0.3) is 5.91 Å². The van der Waals surface area contributed by atoms with Crippen LogP contribution in [-0.2, 0) is 19.4 Å². The van der Waals surface area contributed by atoms with Crippen LogP contribution in [0.3, 0.4) is 0 Å². The van der Waals surface area contributed by atoms with E-state index in [4.69, 9.17) is 9.15 Å². The molecule has 0 bridgehead atoms. The predicted molar refractivity (Wildman–Crippen MR) is 85.2 cm³/mol. The summed E-state index contributed by atoms with van der Waals surface area (Å²) in [5.74, 6) is -0.822. The van der Waals surface area contributed by atoms with Crippen molar-refractivity contribution in [2.45, 2.75) is 44.2 Å². The van der Waals surface area contributed by atoms with Gasteiger partial charge in [0.1, 0.15) is 6.26 Å². The summed E-state index contributed by atoms with van der Waals surface area (Å²) < 4.78 is 33.4. The highest BCUT2D eigenvalue weighted by molar-refractivity contribution is 7.91. The van der Waals surface area contributed by atoms with Gasteiger partial charge in [-0.2, -0.15) is 0 Å². The highest BCUT2D eigenvalue weighted by atomic mass is 32.2. The number of hydrogen-bond acceptors (Lipinski definition) is 6. The molecule has 0 radical (unpaired) electrons. The van der Waals surface area contributed by atoms with Crippen molar-refractivity contribution in [2.24, 2.45) is 0 Å². The van der Waals surface area contributed by atoms with E-state index in [1.165, 1.54) is 18.6 Å². The summed E-state index contributed by atoms with van der Waals surface area (Å²) >= 11 is 0. The van der Waals surface area contributed by atoms with Gasteiger partial charge in [-0.1, -0.05) is 12.8 Å². The van der Waals surface area contributed by atoms with Gasteiger partial charge in [0, 0.05) is 12.1 Å². The number of rotatable bonds is 5. The van der Waals surface area contributed by atoms with E-state index in [-0.39, 0.29) is 41.7 Å². The number of amides is 1. The number of furan rings is 1. The van der Waals surface area contributed by atoms with Crippen LogP contribution < -0.4 is 0 Å². The van der Waals surface area contributed by atoms with Crippen LogP contribution in [0.4, 0.5) is 0 Å². The molecule has 1 amide bonds. The molecule has 1 unspecified atom stereocenters. The minimum atomic E-state index is -3.08. The van der Waals surface area contributed by atoms with Crippen LogP contribution in [0.1, 0.15) is 42.5 Å². The Morgan fingerprint density at radius 3 is 2.54 bits per heavy atom. The van der Waals surface area contributed by atoms with Gasteiger partial charge in [-0.05, 0) is 25.3 Å². The molecule has 3 rings (SSSR count). The fourth-order valence-electron chi connectivity index (χ4n) is 3.55. The van der Waals surface area contributed by atoms with Crippen LogP contribution >= 0.6 is 0 Å². The summed E-state index contributed by atoms with van der Waals surface area (Å²) in [6, 6.07) is 1.20. The third kappa shape index (κ3) is 3.80. The monoisotopic (exact) mass is 355 g/mol. The van der Waals surface area contributed by atoms with Crippen LogP contribution in [0, 0.1) is 0 Å². The Kier molecular flexibility index (Phi) is 4.93. The molecule has 0 N–H and O–H groups in total. The highest BCUT2D eigenvalue weighted by Crippen LogP contribution is 2.29. The van der Waals surface area contributed by atoms with E-state index in [2.05, 4.69) is 0 Å². The topological polar surface area (TPSA) is 93.9 Å². The van der Waals surface area contributed by atoms with Gasteiger partial charge in [-0.3, -0.25) is 4.79 Å². The lowest BCUT2D eigenvalue weighted by Gasteiger charge is -2.33. The van der Waals surface area contributed by atoms with Crippen molar-refractivity contribution in [3.8, 4) is 0 Å². The van der Waals surface area contributed by atoms with Crippen molar-refractivity contribution in [3.05, 3.63) is 24.2 Å². The van der Waals surface area contributed by atoms with Gasteiger partial charge >= 0.3 is 5.97 Å². The maximum atomic E-state index is 12.6. The molecule has 1 aromatic heterocycles. The minimum absolute atomic E-state index is 0.00488. The Labute approximate surface area is 140 Å². The summed E-state index contributed by atoms with van der Waals surface area (Å²) in [5, 5.41) is 0. The quantitative estimate of drug-likeness (QED) is 0.741. The molecule has 1 aliphatic heterocycles. The fourth-order valence-corrected chi connectivity index (χ4v) is 5.26. The zero-order valence-electron chi connectivity index (χ0n) is 13.3. The zero-order valence-corrected chi connectivity index (χ0v) is 14.2. The lowest BCUT2D eigenvalue weighted by Crippen LogP contribution is -2.48. The van der Waals surface area contributed by atoms with E-state index in [0.29, 0.717) is 6.42 Å². The minimum Gasteiger partial charge on any atom is -0.472 e. The Balaban J connectivity index is 1.66. The number of ether oxygens (including phenoxy) is 1. The molecule has 7 nitrogen and oxygen atoms in total. The SMILES string of the molecule is O=C(OCC(=O)N(C1CCCC1)C1CCS(=O)(=O)C1)c1ccoc1. The summed E-state index contributed by atoms with van der Waals surface area (Å²) in [4.78, 5) is 26.1. The van der Waals surface area contributed by atoms with Crippen LogP contribution in [-0.4, -0.2) is 55.4 Å². The Hall–Kier alpha value is -1.83. The summed E-state index contributed by atoms with van der Waals surface area (Å²) in [6.45, 7) is -0.378. The molecule has 0 spiro atoms. The van der Waals surface area contributed by atoms with Crippen molar-refractivity contribution in [1.29, 1.82) is 0 Å². The molecule has 1 saturated carbocycles. The third-order valence-electron chi connectivity index (χ3n) is 4.69.